The van der Waals surface area contributed by atoms with Gasteiger partial charge in [-0.05, 0) is 36.1 Å². The zero-order valence-corrected chi connectivity index (χ0v) is 19.2. The van der Waals surface area contributed by atoms with Crippen molar-refractivity contribution in [2.75, 3.05) is 30.3 Å². The fourth-order valence-electron chi connectivity index (χ4n) is 3.05. The smallest absolute Gasteiger partial charge is 0.232 e. The van der Waals surface area contributed by atoms with E-state index in [-0.39, 0.29) is 24.8 Å². The van der Waals surface area contributed by atoms with E-state index >= 15 is 0 Å². The number of anilines is 1. The van der Waals surface area contributed by atoms with Crippen molar-refractivity contribution in [1.82, 2.24) is 5.32 Å². The highest BCUT2D eigenvalue weighted by atomic mass is 35.5. The molecule has 0 aliphatic carbocycles. The highest BCUT2D eigenvalue weighted by molar-refractivity contribution is 7.92. The fraction of sp³-hybridized carbons (Fsp3) is 0.409. The number of amides is 1. The molecule has 1 amide bonds. The van der Waals surface area contributed by atoms with Crippen LogP contribution in [0.1, 0.15) is 38.2 Å². The second-order valence-corrected chi connectivity index (χ2v) is 9.60. The number of carbonyl (C=O) groups excluding carboxylic acids is 1. The van der Waals surface area contributed by atoms with E-state index in [9.17, 15) is 13.2 Å². The number of ether oxygens (including phenoxy) is 1. The Morgan fingerprint density at radius 3 is 2.47 bits per heavy atom. The number of sulfonamides is 1. The largest absolute Gasteiger partial charge is 0.490 e. The summed E-state index contributed by atoms with van der Waals surface area (Å²) in [7, 11) is -3.46. The van der Waals surface area contributed by atoms with Gasteiger partial charge in [-0.1, -0.05) is 55.8 Å². The average molecular weight is 453 g/mol. The number of halogens is 1. The van der Waals surface area contributed by atoms with Crippen molar-refractivity contribution in [3.63, 3.8) is 0 Å². The third-order valence-electron chi connectivity index (χ3n) is 4.51. The molecule has 0 saturated heterocycles. The quantitative estimate of drug-likeness (QED) is 0.518. The maximum Gasteiger partial charge on any atom is 0.232 e. The summed E-state index contributed by atoms with van der Waals surface area (Å²) in [5, 5.41) is 3.30. The van der Waals surface area contributed by atoms with E-state index in [0.717, 1.165) is 5.56 Å². The van der Waals surface area contributed by atoms with Gasteiger partial charge in [-0.3, -0.25) is 9.10 Å². The van der Waals surface area contributed by atoms with Gasteiger partial charge in [-0.2, -0.15) is 0 Å². The first-order valence-corrected chi connectivity index (χ1v) is 12.1. The van der Waals surface area contributed by atoms with Crippen LogP contribution in [0.2, 0.25) is 5.02 Å². The lowest BCUT2D eigenvalue weighted by molar-refractivity contribution is -0.121. The van der Waals surface area contributed by atoms with E-state index < -0.39 is 10.0 Å². The Balaban J connectivity index is 1.84. The summed E-state index contributed by atoms with van der Waals surface area (Å²) in [5.41, 5.74) is 1.63. The van der Waals surface area contributed by atoms with Crippen molar-refractivity contribution in [3.05, 3.63) is 59.1 Å². The van der Waals surface area contributed by atoms with E-state index in [1.807, 2.05) is 50.2 Å². The Labute approximate surface area is 184 Å². The van der Waals surface area contributed by atoms with Crippen molar-refractivity contribution < 1.29 is 17.9 Å². The zero-order valence-electron chi connectivity index (χ0n) is 17.6. The van der Waals surface area contributed by atoms with Gasteiger partial charge in [0.2, 0.25) is 15.9 Å². The monoisotopic (exact) mass is 452 g/mol. The van der Waals surface area contributed by atoms with Gasteiger partial charge in [0, 0.05) is 13.0 Å². The maximum atomic E-state index is 12.4. The number of nitrogens with one attached hydrogen (secondary N) is 1. The van der Waals surface area contributed by atoms with Crippen LogP contribution in [0.4, 0.5) is 5.69 Å². The maximum absolute atomic E-state index is 12.4. The second-order valence-electron chi connectivity index (χ2n) is 7.28. The van der Waals surface area contributed by atoms with Gasteiger partial charge in [0.25, 0.3) is 0 Å². The predicted octanol–water partition coefficient (Wildman–Crippen LogP) is 4.20. The van der Waals surface area contributed by atoms with Crippen molar-refractivity contribution in [3.8, 4) is 5.75 Å². The normalized spacial score (nSPS) is 11.4. The van der Waals surface area contributed by atoms with Crippen LogP contribution in [0.5, 0.6) is 5.75 Å². The Morgan fingerprint density at radius 2 is 1.80 bits per heavy atom. The molecule has 164 valence electrons. The van der Waals surface area contributed by atoms with Gasteiger partial charge in [0.05, 0.1) is 23.5 Å². The minimum absolute atomic E-state index is 0.150. The molecule has 0 fully saturated rings. The fourth-order valence-corrected chi connectivity index (χ4v) is 4.23. The highest BCUT2D eigenvalue weighted by Gasteiger charge is 2.21. The summed E-state index contributed by atoms with van der Waals surface area (Å²) in [6, 6.07) is 14.6. The lowest BCUT2D eigenvalue weighted by Gasteiger charge is -2.26. The molecule has 30 heavy (non-hydrogen) atoms. The summed E-state index contributed by atoms with van der Waals surface area (Å²) < 4.78 is 31.6. The Bertz CT molecular complexity index is 948. The topological polar surface area (TPSA) is 75.7 Å². The first kappa shape index (κ1) is 24.0. The van der Waals surface area contributed by atoms with Crippen molar-refractivity contribution >= 4 is 33.2 Å². The lowest BCUT2D eigenvalue weighted by Crippen LogP contribution is -2.33. The van der Waals surface area contributed by atoms with Gasteiger partial charge in [0.1, 0.15) is 12.4 Å². The molecular formula is C22H29ClN2O4S. The zero-order chi connectivity index (χ0) is 22.1. The highest BCUT2D eigenvalue weighted by Crippen LogP contribution is 2.29. The molecule has 0 radical (unpaired) electrons. The van der Waals surface area contributed by atoms with Crippen LogP contribution >= 0.6 is 11.6 Å². The molecule has 0 bridgehead atoms. The van der Waals surface area contributed by atoms with Crippen LogP contribution in [0, 0.1) is 0 Å². The molecule has 0 aliphatic heterocycles. The number of hydrogen-bond donors (Lipinski definition) is 1. The molecule has 0 spiro atoms. The third kappa shape index (κ3) is 7.22. The summed E-state index contributed by atoms with van der Waals surface area (Å²) in [6.45, 7) is 4.93. The van der Waals surface area contributed by atoms with Crippen LogP contribution in [0.25, 0.3) is 0 Å². The number of nitrogens with zero attached hydrogens (tertiary/aromatic N) is 1. The SMILES string of the molecule is CC(C)c1ccccc1N(CCCC(=O)NCCOc1ccccc1Cl)S(C)(=O)=O. The standard InChI is InChI=1S/C22H29ClN2O4S/c1-17(2)18-9-4-6-11-20(18)25(30(3,27)28)15-8-13-22(26)24-14-16-29-21-12-7-5-10-19(21)23/h4-7,9-12,17H,8,13-16H2,1-3H3,(H,24,26). The van der Waals surface area contributed by atoms with Crippen LogP contribution in [-0.4, -0.2) is 40.3 Å². The lowest BCUT2D eigenvalue weighted by atomic mass is 10.0. The number of rotatable bonds is 11. The molecule has 0 saturated carbocycles. The Hall–Kier alpha value is -2.25. The molecule has 2 aromatic carbocycles. The number of benzene rings is 2. The predicted molar refractivity (Wildman–Crippen MR) is 122 cm³/mol. The molecule has 0 atom stereocenters. The molecule has 0 aliphatic rings. The van der Waals surface area contributed by atoms with E-state index in [1.165, 1.54) is 10.6 Å². The molecule has 6 nitrogen and oxygen atoms in total. The van der Waals surface area contributed by atoms with Gasteiger partial charge < -0.3 is 10.1 Å². The van der Waals surface area contributed by atoms with E-state index in [0.29, 0.717) is 36.0 Å². The molecular weight excluding hydrogens is 424 g/mol. The van der Waals surface area contributed by atoms with Crippen LogP contribution in [0.3, 0.4) is 0 Å². The number of carbonyl (C=O) groups is 1. The van der Waals surface area contributed by atoms with Crippen LogP contribution < -0.4 is 14.4 Å². The van der Waals surface area contributed by atoms with Gasteiger partial charge in [-0.15, -0.1) is 0 Å². The molecule has 2 rings (SSSR count). The first-order chi connectivity index (χ1) is 14.2. The van der Waals surface area contributed by atoms with Gasteiger partial charge in [-0.25, -0.2) is 8.42 Å². The summed E-state index contributed by atoms with van der Waals surface area (Å²) >= 11 is 6.02. The summed E-state index contributed by atoms with van der Waals surface area (Å²) in [5.74, 6) is 0.608. The molecule has 8 heteroatoms. The average Bonchev–Trinajstić information content (AvgIpc) is 2.69. The molecule has 0 heterocycles. The molecule has 0 unspecified atom stereocenters. The van der Waals surface area contributed by atoms with Crippen molar-refractivity contribution in [2.24, 2.45) is 0 Å². The number of para-hydroxylation sites is 2. The van der Waals surface area contributed by atoms with Crippen LogP contribution in [-0.2, 0) is 14.8 Å². The van der Waals surface area contributed by atoms with E-state index in [1.54, 1.807) is 12.1 Å². The summed E-state index contributed by atoms with van der Waals surface area (Å²) in [6.07, 6.45) is 1.83. The van der Waals surface area contributed by atoms with Gasteiger partial charge >= 0.3 is 0 Å². The van der Waals surface area contributed by atoms with E-state index in [4.69, 9.17) is 16.3 Å². The molecule has 1 N–H and O–H groups in total. The first-order valence-electron chi connectivity index (χ1n) is 9.91. The Morgan fingerprint density at radius 1 is 1.13 bits per heavy atom. The van der Waals surface area contributed by atoms with Crippen molar-refractivity contribution in [2.45, 2.75) is 32.6 Å². The molecule has 0 aromatic heterocycles. The van der Waals surface area contributed by atoms with Gasteiger partial charge in [0.15, 0.2) is 0 Å². The van der Waals surface area contributed by atoms with Crippen molar-refractivity contribution in [1.29, 1.82) is 0 Å². The number of hydrogen-bond acceptors (Lipinski definition) is 4. The van der Waals surface area contributed by atoms with E-state index in [2.05, 4.69) is 5.32 Å². The summed E-state index contributed by atoms with van der Waals surface area (Å²) in [4.78, 5) is 12.1. The Kier molecular flexibility index (Phi) is 8.99. The van der Waals surface area contributed by atoms with Crippen LogP contribution in [0.15, 0.2) is 48.5 Å². The second kappa shape index (κ2) is 11.2. The third-order valence-corrected chi connectivity index (χ3v) is 6.00. The molecule has 2 aromatic rings. The minimum atomic E-state index is -3.46. The minimum Gasteiger partial charge on any atom is -0.490 e.